The standard InChI is InChI=1S/C10H5Cl2N3O2/c1-17-6(16)3-2-5-4-13-9-7(5)8(11)14-10(12)15-9/h4H,1H3,(H,13,14,15). The molecular weight excluding hydrogens is 265 g/mol. The number of aromatic amines is 1. The Morgan fingerprint density at radius 2 is 2.24 bits per heavy atom. The van der Waals surface area contributed by atoms with Gasteiger partial charge in [-0.15, -0.1) is 0 Å². The molecule has 0 atom stereocenters. The first kappa shape index (κ1) is 11.7. The maximum atomic E-state index is 10.9. The fourth-order valence-corrected chi connectivity index (χ4v) is 1.72. The zero-order valence-corrected chi connectivity index (χ0v) is 10.1. The van der Waals surface area contributed by atoms with Crippen LogP contribution in [0, 0.1) is 11.8 Å². The molecule has 0 saturated carbocycles. The molecule has 2 heterocycles. The molecule has 2 aromatic rings. The molecule has 86 valence electrons. The first-order chi connectivity index (χ1) is 8.11. The van der Waals surface area contributed by atoms with Gasteiger partial charge in [-0.3, -0.25) is 0 Å². The van der Waals surface area contributed by atoms with Crippen LogP contribution in [-0.4, -0.2) is 28.0 Å². The van der Waals surface area contributed by atoms with Crippen molar-refractivity contribution in [1.29, 1.82) is 0 Å². The average molecular weight is 270 g/mol. The fraction of sp³-hybridized carbons (Fsp3) is 0.100. The summed E-state index contributed by atoms with van der Waals surface area (Å²) in [5.41, 5.74) is 0.969. The number of carbonyl (C=O) groups excluding carboxylic acids is 1. The number of nitrogens with zero attached hydrogens (tertiary/aromatic N) is 2. The molecule has 0 aliphatic rings. The van der Waals surface area contributed by atoms with Gasteiger partial charge in [0.2, 0.25) is 5.28 Å². The third kappa shape index (κ3) is 2.33. The van der Waals surface area contributed by atoms with Crippen molar-refractivity contribution < 1.29 is 9.53 Å². The quantitative estimate of drug-likeness (QED) is 0.343. The minimum Gasteiger partial charge on any atom is -0.459 e. The van der Waals surface area contributed by atoms with Crippen molar-refractivity contribution in [2.75, 3.05) is 7.11 Å². The van der Waals surface area contributed by atoms with Crippen LogP contribution in [0.2, 0.25) is 10.4 Å². The number of rotatable bonds is 0. The molecule has 0 saturated heterocycles. The molecule has 2 aromatic heterocycles. The molecule has 5 nitrogen and oxygen atoms in total. The Bertz CT molecular complexity index is 655. The SMILES string of the molecule is COC(=O)C#Cc1c[nH]c2nc(Cl)nc(Cl)c12. The number of ether oxygens (including phenoxy) is 1. The van der Waals surface area contributed by atoms with Crippen molar-refractivity contribution in [2.24, 2.45) is 0 Å². The minimum absolute atomic E-state index is 0.0387. The lowest BCUT2D eigenvalue weighted by Crippen LogP contribution is -1.94. The number of H-pyrrole nitrogens is 1. The number of hydrogen-bond donors (Lipinski definition) is 1. The molecule has 0 aliphatic carbocycles. The normalized spacial score (nSPS) is 9.82. The van der Waals surface area contributed by atoms with E-state index in [0.29, 0.717) is 16.6 Å². The van der Waals surface area contributed by atoms with Gasteiger partial charge in [0.1, 0.15) is 10.8 Å². The lowest BCUT2D eigenvalue weighted by molar-refractivity contribution is -0.133. The van der Waals surface area contributed by atoms with Gasteiger partial charge in [0, 0.05) is 12.1 Å². The fourth-order valence-electron chi connectivity index (χ4n) is 1.23. The van der Waals surface area contributed by atoms with E-state index in [-0.39, 0.29) is 10.4 Å². The lowest BCUT2D eigenvalue weighted by Gasteiger charge is -1.94. The zero-order chi connectivity index (χ0) is 12.4. The summed E-state index contributed by atoms with van der Waals surface area (Å²) in [5.74, 6) is 4.27. The lowest BCUT2D eigenvalue weighted by atomic mass is 10.2. The number of halogens is 2. The van der Waals surface area contributed by atoms with E-state index >= 15 is 0 Å². The molecule has 17 heavy (non-hydrogen) atoms. The number of hydrogen-bond acceptors (Lipinski definition) is 4. The van der Waals surface area contributed by atoms with Gasteiger partial charge < -0.3 is 9.72 Å². The number of esters is 1. The Labute approximate surface area is 106 Å². The Balaban J connectivity index is 2.56. The minimum atomic E-state index is -0.634. The molecule has 0 aliphatic heterocycles. The zero-order valence-electron chi connectivity index (χ0n) is 8.54. The summed E-state index contributed by atoms with van der Waals surface area (Å²) in [5, 5.41) is 0.736. The van der Waals surface area contributed by atoms with E-state index in [2.05, 4.69) is 31.5 Å². The van der Waals surface area contributed by atoms with Crippen molar-refractivity contribution in [2.45, 2.75) is 0 Å². The first-order valence-electron chi connectivity index (χ1n) is 4.42. The van der Waals surface area contributed by atoms with Crippen LogP contribution < -0.4 is 0 Å². The molecule has 0 amide bonds. The van der Waals surface area contributed by atoms with E-state index in [0.717, 1.165) is 0 Å². The van der Waals surface area contributed by atoms with E-state index in [1.165, 1.54) is 7.11 Å². The van der Waals surface area contributed by atoms with Crippen LogP contribution in [0.1, 0.15) is 5.56 Å². The number of nitrogens with one attached hydrogen (secondary N) is 1. The van der Waals surface area contributed by atoms with Crippen molar-refractivity contribution in [3.05, 3.63) is 22.2 Å². The molecule has 0 bridgehead atoms. The van der Waals surface area contributed by atoms with Crippen LogP contribution in [0.4, 0.5) is 0 Å². The number of carbonyl (C=O) groups is 1. The van der Waals surface area contributed by atoms with Gasteiger partial charge in [0.05, 0.1) is 18.1 Å². The summed E-state index contributed by atoms with van der Waals surface area (Å²) < 4.78 is 4.40. The highest BCUT2D eigenvalue weighted by atomic mass is 35.5. The second kappa shape index (κ2) is 4.62. The van der Waals surface area contributed by atoms with Crippen molar-refractivity contribution in [3.8, 4) is 11.8 Å². The number of aromatic nitrogens is 3. The van der Waals surface area contributed by atoms with Gasteiger partial charge in [-0.1, -0.05) is 17.5 Å². The second-order valence-electron chi connectivity index (χ2n) is 2.95. The van der Waals surface area contributed by atoms with Crippen LogP contribution >= 0.6 is 23.2 Å². The second-order valence-corrected chi connectivity index (χ2v) is 3.65. The maximum Gasteiger partial charge on any atom is 0.384 e. The van der Waals surface area contributed by atoms with Crippen LogP contribution in [-0.2, 0) is 9.53 Å². The molecule has 1 N–H and O–H groups in total. The van der Waals surface area contributed by atoms with Crippen molar-refractivity contribution >= 4 is 40.2 Å². The summed E-state index contributed by atoms with van der Waals surface area (Å²) >= 11 is 11.6. The Morgan fingerprint density at radius 3 is 2.94 bits per heavy atom. The summed E-state index contributed by atoms with van der Waals surface area (Å²) in [6.45, 7) is 0. The van der Waals surface area contributed by atoms with Crippen LogP contribution in [0.25, 0.3) is 11.0 Å². The van der Waals surface area contributed by atoms with Gasteiger partial charge in [-0.05, 0) is 11.6 Å². The predicted molar refractivity (Wildman–Crippen MR) is 62.8 cm³/mol. The molecule has 2 rings (SSSR count). The van der Waals surface area contributed by atoms with Crippen LogP contribution in [0.15, 0.2) is 6.20 Å². The van der Waals surface area contributed by atoms with Gasteiger partial charge in [-0.2, -0.15) is 4.98 Å². The van der Waals surface area contributed by atoms with Gasteiger partial charge >= 0.3 is 5.97 Å². The summed E-state index contributed by atoms with van der Waals surface area (Å²) in [6.07, 6.45) is 1.57. The molecule has 0 radical (unpaired) electrons. The third-order valence-corrected chi connectivity index (χ3v) is 2.39. The van der Waals surface area contributed by atoms with Gasteiger partial charge in [0.25, 0.3) is 0 Å². The summed E-state index contributed by atoms with van der Waals surface area (Å²) in [7, 11) is 1.25. The number of methoxy groups -OCH3 is 1. The largest absolute Gasteiger partial charge is 0.459 e. The molecular formula is C10H5Cl2N3O2. The highest BCUT2D eigenvalue weighted by Gasteiger charge is 2.10. The summed E-state index contributed by atoms with van der Waals surface area (Å²) in [4.78, 5) is 21.5. The Morgan fingerprint density at radius 1 is 1.47 bits per heavy atom. The van der Waals surface area contributed by atoms with Gasteiger partial charge in [0.15, 0.2) is 0 Å². The van der Waals surface area contributed by atoms with Crippen molar-refractivity contribution in [1.82, 2.24) is 15.0 Å². The first-order valence-corrected chi connectivity index (χ1v) is 5.17. The average Bonchev–Trinajstić information content (AvgIpc) is 2.69. The van der Waals surface area contributed by atoms with E-state index < -0.39 is 5.97 Å². The van der Waals surface area contributed by atoms with Crippen molar-refractivity contribution in [3.63, 3.8) is 0 Å². The molecule has 7 heteroatoms. The number of fused-ring (bicyclic) bond motifs is 1. The van der Waals surface area contributed by atoms with E-state index in [1.807, 2.05) is 0 Å². The summed E-state index contributed by atoms with van der Waals surface area (Å²) in [6, 6.07) is 0. The van der Waals surface area contributed by atoms with Crippen LogP contribution in [0.5, 0.6) is 0 Å². The Hall–Kier alpha value is -1.77. The molecule has 0 aromatic carbocycles. The maximum absolute atomic E-state index is 10.9. The van der Waals surface area contributed by atoms with E-state index in [9.17, 15) is 4.79 Å². The van der Waals surface area contributed by atoms with Gasteiger partial charge in [-0.25, -0.2) is 9.78 Å². The van der Waals surface area contributed by atoms with Crippen LogP contribution in [0.3, 0.4) is 0 Å². The predicted octanol–water partition coefficient (Wildman–Crippen LogP) is 1.79. The highest BCUT2D eigenvalue weighted by molar-refractivity contribution is 6.36. The Kier molecular flexibility index (Phi) is 3.18. The topological polar surface area (TPSA) is 67.9 Å². The monoisotopic (exact) mass is 269 g/mol. The smallest absolute Gasteiger partial charge is 0.384 e. The van der Waals surface area contributed by atoms with E-state index in [4.69, 9.17) is 23.2 Å². The van der Waals surface area contributed by atoms with E-state index in [1.54, 1.807) is 6.20 Å². The molecule has 0 unspecified atom stereocenters. The highest BCUT2D eigenvalue weighted by Crippen LogP contribution is 2.24. The molecule has 0 spiro atoms. The third-order valence-electron chi connectivity index (χ3n) is 1.94. The molecule has 0 fully saturated rings.